The SMILES string of the molecule is CN=C(NCC1(N2CCSCC2)CCCCC1)NC1CCN(c2ccccn2)CC1. The molecule has 2 aliphatic heterocycles. The average Bonchev–Trinajstić information content (AvgIpc) is 2.84. The molecule has 3 fully saturated rings. The van der Waals surface area contributed by atoms with Crippen LogP contribution in [0.25, 0.3) is 0 Å². The van der Waals surface area contributed by atoms with Gasteiger partial charge < -0.3 is 15.5 Å². The highest BCUT2D eigenvalue weighted by Crippen LogP contribution is 2.34. The van der Waals surface area contributed by atoms with Gasteiger partial charge >= 0.3 is 0 Å². The molecule has 1 aliphatic carbocycles. The number of hydrogen-bond acceptors (Lipinski definition) is 5. The second-order valence-electron chi connectivity index (χ2n) is 8.90. The van der Waals surface area contributed by atoms with Gasteiger partial charge in [0.05, 0.1) is 0 Å². The zero-order valence-corrected chi connectivity index (χ0v) is 19.3. The van der Waals surface area contributed by atoms with Gasteiger partial charge in [-0.1, -0.05) is 25.3 Å². The molecule has 0 spiro atoms. The molecule has 0 bridgehead atoms. The van der Waals surface area contributed by atoms with Crippen molar-refractivity contribution in [1.29, 1.82) is 0 Å². The highest BCUT2D eigenvalue weighted by molar-refractivity contribution is 7.99. The number of nitrogens with zero attached hydrogens (tertiary/aromatic N) is 4. The minimum absolute atomic E-state index is 0.319. The minimum Gasteiger partial charge on any atom is -0.356 e. The first-order valence-corrected chi connectivity index (χ1v) is 12.9. The summed E-state index contributed by atoms with van der Waals surface area (Å²) in [5.41, 5.74) is 0.319. The van der Waals surface area contributed by atoms with Gasteiger partial charge in [0.25, 0.3) is 0 Å². The monoisotopic (exact) mass is 430 g/mol. The van der Waals surface area contributed by atoms with E-state index in [1.165, 1.54) is 56.7 Å². The van der Waals surface area contributed by atoms with Crippen molar-refractivity contribution >= 4 is 23.5 Å². The fraction of sp³-hybridized carbons (Fsp3) is 0.739. The topological polar surface area (TPSA) is 55.8 Å². The van der Waals surface area contributed by atoms with Gasteiger partial charge in [0.1, 0.15) is 5.82 Å². The lowest BCUT2D eigenvalue weighted by Crippen LogP contribution is -2.60. The van der Waals surface area contributed by atoms with Crippen LogP contribution in [0.2, 0.25) is 0 Å². The normalized spacial score (nSPS) is 23.9. The lowest BCUT2D eigenvalue weighted by Gasteiger charge is -2.48. The zero-order chi connectivity index (χ0) is 20.7. The number of hydrogen-bond donors (Lipinski definition) is 2. The Hall–Kier alpha value is -1.47. The molecule has 1 aromatic rings. The summed E-state index contributed by atoms with van der Waals surface area (Å²) in [4.78, 5) is 14.2. The third kappa shape index (κ3) is 5.41. The molecule has 0 aromatic carbocycles. The fourth-order valence-electron chi connectivity index (χ4n) is 5.28. The number of nitrogens with one attached hydrogen (secondary N) is 2. The van der Waals surface area contributed by atoms with Crippen molar-refractivity contribution in [3.63, 3.8) is 0 Å². The van der Waals surface area contributed by atoms with E-state index < -0.39 is 0 Å². The van der Waals surface area contributed by atoms with Crippen LogP contribution in [-0.4, -0.2) is 78.7 Å². The first-order valence-electron chi connectivity index (χ1n) is 11.8. The number of rotatable bonds is 5. The van der Waals surface area contributed by atoms with Gasteiger partial charge in [-0.05, 0) is 37.8 Å². The molecule has 0 unspecified atom stereocenters. The Labute approximate surface area is 186 Å². The number of thioether (sulfide) groups is 1. The molecule has 7 heteroatoms. The summed E-state index contributed by atoms with van der Waals surface area (Å²) in [6.45, 7) is 5.58. The van der Waals surface area contributed by atoms with E-state index >= 15 is 0 Å². The molecular weight excluding hydrogens is 392 g/mol. The number of piperidine rings is 1. The van der Waals surface area contributed by atoms with Crippen molar-refractivity contribution < 1.29 is 0 Å². The van der Waals surface area contributed by atoms with E-state index in [-0.39, 0.29) is 0 Å². The van der Waals surface area contributed by atoms with Crippen molar-refractivity contribution in [3.05, 3.63) is 24.4 Å². The molecule has 3 heterocycles. The van der Waals surface area contributed by atoms with Gasteiger partial charge in [0.2, 0.25) is 0 Å². The van der Waals surface area contributed by atoms with Crippen LogP contribution < -0.4 is 15.5 Å². The average molecular weight is 431 g/mol. The second-order valence-corrected chi connectivity index (χ2v) is 10.1. The molecule has 30 heavy (non-hydrogen) atoms. The summed E-state index contributed by atoms with van der Waals surface area (Å²) >= 11 is 2.11. The Balaban J connectivity index is 1.29. The molecule has 6 nitrogen and oxygen atoms in total. The van der Waals surface area contributed by atoms with Crippen LogP contribution in [0.5, 0.6) is 0 Å². The first kappa shape index (κ1) is 21.8. The Morgan fingerprint density at radius 3 is 2.57 bits per heavy atom. The summed E-state index contributed by atoms with van der Waals surface area (Å²) in [5, 5.41) is 7.44. The standard InChI is InChI=1S/C23H38N6S/c1-24-22(27-20-8-13-28(14-9-20)21-7-3-6-12-25-21)26-19-23(10-4-2-5-11-23)29-15-17-30-18-16-29/h3,6-7,12,20H,2,4-5,8-11,13-19H2,1H3,(H2,24,26,27). The summed E-state index contributed by atoms with van der Waals surface area (Å²) < 4.78 is 0. The number of guanidine groups is 1. The molecular formula is C23H38N6S. The second kappa shape index (κ2) is 10.7. The molecule has 166 valence electrons. The summed E-state index contributed by atoms with van der Waals surface area (Å²) in [7, 11) is 1.91. The third-order valence-electron chi connectivity index (χ3n) is 7.08. The quantitative estimate of drug-likeness (QED) is 0.553. The number of pyridine rings is 1. The maximum absolute atomic E-state index is 4.57. The number of aromatic nitrogens is 1. The van der Waals surface area contributed by atoms with Crippen LogP contribution in [0.1, 0.15) is 44.9 Å². The fourth-order valence-corrected chi connectivity index (χ4v) is 6.19. The molecule has 0 atom stereocenters. The van der Waals surface area contributed by atoms with Gasteiger partial charge in [-0.3, -0.25) is 9.89 Å². The van der Waals surface area contributed by atoms with Gasteiger partial charge in [-0.15, -0.1) is 0 Å². The maximum atomic E-state index is 4.57. The van der Waals surface area contributed by atoms with Crippen LogP contribution in [0.15, 0.2) is 29.4 Å². The first-order chi connectivity index (χ1) is 14.8. The largest absolute Gasteiger partial charge is 0.356 e. The van der Waals surface area contributed by atoms with Crippen LogP contribution in [0.4, 0.5) is 5.82 Å². The van der Waals surface area contributed by atoms with Crippen LogP contribution >= 0.6 is 11.8 Å². The number of anilines is 1. The lowest BCUT2D eigenvalue weighted by molar-refractivity contribution is 0.0625. The Bertz CT molecular complexity index is 662. The van der Waals surface area contributed by atoms with Crippen LogP contribution in [0, 0.1) is 0 Å². The molecule has 2 N–H and O–H groups in total. The van der Waals surface area contributed by atoms with Gasteiger partial charge in [0.15, 0.2) is 5.96 Å². The van der Waals surface area contributed by atoms with Gasteiger partial charge in [-0.2, -0.15) is 11.8 Å². The van der Waals surface area contributed by atoms with Crippen LogP contribution in [0.3, 0.4) is 0 Å². The zero-order valence-electron chi connectivity index (χ0n) is 18.5. The lowest BCUT2D eigenvalue weighted by atomic mass is 9.80. The predicted molar refractivity (Wildman–Crippen MR) is 129 cm³/mol. The highest BCUT2D eigenvalue weighted by atomic mass is 32.2. The van der Waals surface area contributed by atoms with Crippen molar-refractivity contribution in [2.75, 3.05) is 56.2 Å². The van der Waals surface area contributed by atoms with Crippen molar-refractivity contribution in [2.45, 2.75) is 56.5 Å². The van der Waals surface area contributed by atoms with E-state index in [0.29, 0.717) is 11.6 Å². The van der Waals surface area contributed by atoms with Crippen molar-refractivity contribution in [1.82, 2.24) is 20.5 Å². The third-order valence-corrected chi connectivity index (χ3v) is 8.03. The van der Waals surface area contributed by atoms with E-state index in [9.17, 15) is 0 Å². The summed E-state index contributed by atoms with van der Waals surface area (Å²) in [6.07, 6.45) is 10.9. The molecule has 4 rings (SSSR count). The van der Waals surface area contributed by atoms with E-state index in [4.69, 9.17) is 0 Å². The van der Waals surface area contributed by atoms with E-state index in [0.717, 1.165) is 44.3 Å². The van der Waals surface area contributed by atoms with Crippen molar-refractivity contribution in [3.8, 4) is 0 Å². The molecule has 0 radical (unpaired) electrons. The smallest absolute Gasteiger partial charge is 0.191 e. The molecule has 2 saturated heterocycles. The van der Waals surface area contributed by atoms with E-state index in [2.05, 4.69) is 54.3 Å². The predicted octanol–water partition coefficient (Wildman–Crippen LogP) is 2.97. The van der Waals surface area contributed by atoms with Crippen LogP contribution in [-0.2, 0) is 0 Å². The molecule has 1 saturated carbocycles. The summed E-state index contributed by atoms with van der Waals surface area (Å²) in [5.74, 6) is 4.63. The molecule has 1 aromatic heterocycles. The van der Waals surface area contributed by atoms with E-state index in [1.54, 1.807) is 0 Å². The van der Waals surface area contributed by atoms with Crippen molar-refractivity contribution in [2.24, 2.45) is 4.99 Å². The molecule has 0 amide bonds. The Morgan fingerprint density at radius 1 is 1.13 bits per heavy atom. The number of aliphatic imine (C=N–C) groups is 1. The minimum atomic E-state index is 0.319. The Kier molecular flexibility index (Phi) is 7.77. The van der Waals surface area contributed by atoms with Gasteiger partial charge in [0, 0.05) is 69.1 Å². The van der Waals surface area contributed by atoms with Gasteiger partial charge in [-0.25, -0.2) is 4.98 Å². The highest BCUT2D eigenvalue weighted by Gasteiger charge is 2.38. The van der Waals surface area contributed by atoms with E-state index in [1.807, 2.05) is 19.3 Å². The summed E-state index contributed by atoms with van der Waals surface area (Å²) in [6, 6.07) is 6.64. The Morgan fingerprint density at radius 2 is 1.90 bits per heavy atom. The molecule has 3 aliphatic rings. The maximum Gasteiger partial charge on any atom is 0.191 e.